The molecule has 2 heterocycles. The van der Waals surface area contributed by atoms with E-state index in [1.54, 1.807) is 6.20 Å². The number of halogens is 1. The van der Waals surface area contributed by atoms with E-state index in [9.17, 15) is 4.79 Å². The van der Waals surface area contributed by atoms with Crippen LogP contribution in [0.4, 0.5) is 0 Å². The van der Waals surface area contributed by atoms with E-state index in [0.717, 1.165) is 35.2 Å². The fourth-order valence-corrected chi connectivity index (χ4v) is 3.72. The smallest absolute Gasteiger partial charge is 0.223 e. The Hall–Kier alpha value is -2.59. The minimum atomic E-state index is 0.00715. The molecule has 1 aliphatic heterocycles. The summed E-state index contributed by atoms with van der Waals surface area (Å²) in [4.78, 5) is 18.9. The lowest BCUT2D eigenvalue weighted by Crippen LogP contribution is -2.31. The second kappa shape index (κ2) is 7.97. The maximum absolute atomic E-state index is 12.5. The summed E-state index contributed by atoms with van der Waals surface area (Å²) in [5.41, 5.74) is 1.95. The van der Waals surface area contributed by atoms with Crippen molar-refractivity contribution in [1.82, 2.24) is 9.88 Å². The monoisotopic (exact) mass is 380 g/mol. The lowest BCUT2D eigenvalue weighted by molar-refractivity contribution is -0.130. The largest absolute Gasteiger partial charge is 0.486 e. The van der Waals surface area contributed by atoms with Crippen LogP contribution in [0.25, 0.3) is 10.9 Å². The number of fused-ring (bicyclic) bond motifs is 1. The third-order valence-corrected chi connectivity index (χ3v) is 5.14. The molecule has 0 N–H and O–H groups in total. The van der Waals surface area contributed by atoms with Crippen LogP contribution in [0.5, 0.6) is 5.75 Å². The molecule has 1 aliphatic rings. The molecular formula is C22H21ClN2O2. The van der Waals surface area contributed by atoms with Gasteiger partial charge in [0.1, 0.15) is 17.4 Å². The van der Waals surface area contributed by atoms with Crippen molar-refractivity contribution in [3.8, 4) is 5.75 Å². The molecule has 1 aromatic heterocycles. The minimum absolute atomic E-state index is 0.00715. The molecule has 1 saturated heterocycles. The van der Waals surface area contributed by atoms with Gasteiger partial charge in [-0.15, -0.1) is 0 Å². The first-order chi connectivity index (χ1) is 13.2. The van der Waals surface area contributed by atoms with E-state index in [1.165, 1.54) is 0 Å². The van der Waals surface area contributed by atoms with E-state index in [0.29, 0.717) is 24.4 Å². The molecule has 0 spiro atoms. The molecule has 4 rings (SSSR count). The number of likely N-dealkylation sites (tertiary alicyclic amines) is 1. The highest BCUT2D eigenvalue weighted by atomic mass is 35.5. The second-order valence-electron chi connectivity index (χ2n) is 6.83. The lowest BCUT2D eigenvalue weighted by atomic mass is 10.1. The van der Waals surface area contributed by atoms with Gasteiger partial charge in [-0.05, 0) is 36.2 Å². The van der Waals surface area contributed by atoms with E-state index in [4.69, 9.17) is 16.3 Å². The van der Waals surface area contributed by atoms with Gasteiger partial charge in [0.05, 0.1) is 6.54 Å². The maximum Gasteiger partial charge on any atom is 0.223 e. The summed E-state index contributed by atoms with van der Waals surface area (Å²) in [5.74, 6) is 0.948. The first-order valence-corrected chi connectivity index (χ1v) is 9.59. The van der Waals surface area contributed by atoms with Gasteiger partial charge in [0.15, 0.2) is 0 Å². The van der Waals surface area contributed by atoms with Crippen LogP contribution < -0.4 is 4.74 Å². The average molecular weight is 381 g/mol. The number of pyridine rings is 1. The van der Waals surface area contributed by atoms with Crippen LogP contribution in [0.15, 0.2) is 60.8 Å². The van der Waals surface area contributed by atoms with Gasteiger partial charge in [-0.25, -0.2) is 0 Å². The maximum atomic E-state index is 12.5. The normalized spacial score (nSPS) is 16.6. The topological polar surface area (TPSA) is 42.4 Å². The van der Waals surface area contributed by atoms with Gasteiger partial charge >= 0.3 is 0 Å². The number of hydrogen-bond acceptors (Lipinski definition) is 3. The number of aryl methyl sites for hydroxylation is 1. The van der Waals surface area contributed by atoms with Gasteiger partial charge in [0, 0.05) is 36.0 Å². The molecule has 27 heavy (non-hydrogen) atoms. The standard InChI is InChI=1S/C22H21ClN2O2/c23-18-7-1-4-16(14-18)9-10-21(26)25-13-11-19(15-25)27-20-8-2-5-17-6-3-12-24-22(17)20/h1-8,12,14,19H,9-11,13,15H2. The summed E-state index contributed by atoms with van der Waals surface area (Å²) in [6.07, 6.45) is 3.81. The average Bonchev–Trinajstić information content (AvgIpc) is 3.15. The minimum Gasteiger partial charge on any atom is -0.486 e. The first kappa shape index (κ1) is 17.8. The molecule has 0 aliphatic carbocycles. The zero-order valence-electron chi connectivity index (χ0n) is 15.0. The summed E-state index contributed by atoms with van der Waals surface area (Å²) in [5, 5.41) is 1.76. The number of rotatable bonds is 5. The third-order valence-electron chi connectivity index (χ3n) is 4.90. The zero-order valence-corrected chi connectivity index (χ0v) is 15.7. The molecular weight excluding hydrogens is 360 g/mol. The molecule has 1 fully saturated rings. The van der Waals surface area contributed by atoms with Crippen molar-refractivity contribution < 1.29 is 9.53 Å². The molecule has 0 bridgehead atoms. The quantitative estimate of drug-likeness (QED) is 0.654. The number of hydrogen-bond donors (Lipinski definition) is 0. The van der Waals surface area contributed by atoms with Crippen LogP contribution in [0, 0.1) is 0 Å². The van der Waals surface area contributed by atoms with Crippen molar-refractivity contribution in [2.45, 2.75) is 25.4 Å². The van der Waals surface area contributed by atoms with Crippen LogP contribution in [0.2, 0.25) is 5.02 Å². The van der Waals surface area contributed by atoms with Gasteiger partial charge in [-0.2, -0.15) is 0 Å². The van der Waals surface area contributed by atoms with Crippen molar-refractivity contribution in [2.24, 2.45) is 0 Å². The van der Waals surface area contributed by atoms with E-state index >= 15 is 0 Å². The Kier molecular flexibility index (Phi) is 5.26. The second-order valence-corrected chi connectivity index (χ2v) is 7.27. The van der Waals surface area contributed by atoms with Crippen LogP contribution in [-0.2, 0) is 11.2 Å². The fourth-order valence-electron chi connectivity index (χ4n) is 3.50. The molecule has 3 aromatic rings. The number of amides is 1. The van der Waals surface area contributed by atoms with E-state index in [2.05, 4.69) is 4.98 Å². The Labute approximate surface area is 163 Å². The van der Waals surface area contributed by atoms with Crippen molar-refractivity contribution in [3.63, 3.8) is 0 Å². The highest BCUT2D eigenvalue weighted by Crippen LogP contribution is 2.26. The molecule has 4 nitrogen and oxygen atoms in total. The van der Waals surface area contributed by atoms with Gasteiger partial charge < -0.3 is 9.64 Å². The molecule has 138 valence electrons. The number of aromatic nitrogens is 1. The van der Waals surface area contributed by atoms with E-state index < -0.39 is 0 Å². The Morgan fingerprint density at radius 3 is 2.93 bits per heavy atom. The fraction of sp³-hybridized carbons (Fsp3) is 0.273. The Bertz CT molecular complexity index is 954. The van der Waals surface area contributed by atoms with Crippen LogP contribution in [-0.4, -0.2) is 35.0 Å². The number of ether oxygens (including phenoxy) is 1. The zero-order chi connectivity index (χ0) is 18.6. The summed E-state index contributed by atoms with van der Waals surface area (Å²) >= 11 is 6.01. The van der Waals surface area contributed by atoms with Crippen LogP contribution in [0.3, 0.4) is 0 Å². The molecule has 2 aromatic carbocycles. The van der Waals surface area contributed by atoms with E-state index in [1.807, 2.05) is 59.5 Å². The number of para-hydroxylation sites is 1. The SMILES string of the molecule is O=C(CCc1cccc(Cl)c1)N1CCC(Oc2cccc3cccnc23)C1. The Morgan fingerprint density at radius 2 is 2.04 bits per heavy atom. The highest BCUT2D eigenvalue weighted by Gasteiger charge is 2.27. The van der Waals surface area contributed by atoms with Crippen molar-refractivity contribution >= 4 is 28.4 Å². The van der Waals surface area contributed by atoms with E-state index in [-0.39, 0.29) is 12.0 Å². The predicted octanol–water partition coefficient (Wildman–Crippen LogP) is 4.50. The van der Waals surface area contributed by atoms with Gasteiger partial charge in [-0.3, -0.25) is 9.78 Å². The van der Waals surface area contributed by atoms with Crippen LogP contribution >= 0.6 is 11.6 Å². The van der Waals surface area contributed by atoms with Crippen molar-refractivity contribution in [3.05, 3.63) is 71.4 Å². The molecule has 1 amide bonds. The number of benzene rings is 2. The molecule has 1 unspecified atom stereocenters. The summed E-state index contributed by atoms with van der Waals surface area (Å²) < 4.78 is 6.17. The first-order valence-electron chi connectivity index (χ1n) is 9.22. The number of nitrogens with zero attached hydrogens (tertiary/aromatic N) is 2. The summed E-state index contributed by atoms with van der Waals surface area (Å²) in [7, 11) is 0. The Morgan fingerprint density at radius 1 is 1.19 bits per heavy atom. The van der Waals surface area contributed by atoms with Gasteiger partial charge in [0.2, 0.25) is 5.91 Å². The van der Waals surface area contributed by atoms with Gasteiger partial charge in [-0.1, -0.05) is 41.9 Å². The van der Waals surface area contributed by atoms with Crippen molar-refractivity contribution in [1.29, 1.82) is 0 Å². The number of carbonyl (C=O) groups excluding carboxylic acids is 1. The summed E-state index contributed by atoms with van der Waals surface area (Å²) in [6.45, 7) is 1.36. The third kappa shape index (κ3) is 4.22. The summed E-state index contributed by atoms with van der Waals surface area (Å²) in [6, 6.07) is 17.6. The predicted molar refractivity (Wildman–Crippen MR) is 107 cm³/mol. The molecule has 1 atom stereocenters. The van der Waals surface area contributed by atoms with Crippen molar-refractivity contribution in [2.75, 3.05) is 13.1 Å². The number of carbonyl (C=O) groups is 1. The Balaban J connectivity index is 1.35. The lowest BCUT2D eigenvalue weighted by Gasteiger charge is -2.18. The molecule has 0 radical (unpaired) electrons. The van der Waals surface area contributed by atoms with Gasteiger partial charge in [0.25, 0.3) is 0 Å². The molecule has 0 saturated carbocycles. The highest BCUT2D eigenvalue weighted by molar-refractivity contribution is 6.30. The van der Waals surface area contributed by atoms with Crippen LogP contribution in [0.1, 0.15) is 18.4 Å². The molecule has 5 heteroatoms.